The van der Waals surface area contributed by atoms with Gasteiger partial charge in [0.25, 0.3) is 0 Å². The van der Waals surface area contributed by atoms with Crippen molar-refractivity contribution in [3.63, 3.8) is 0 Å². The summed E-state index contributed by atoms with van der Waals surface area (Å²) in [5.74, 6) is 0. The van der Waals surface area contributed by atoms with Gasteiger partial charge in [0.1, 0.15) is 0 Å². The van der Waals surface area contributed by atoms with Crippen LogP contribution in [0.1, 0.15) is 11.3 Å². The molecule has 0 unspecified atom stereocenters. The van der Waals surface area contributed by atoms with Gasteiger partial charge in [-0.1, -0.05) is 22.0 Å². The van der Waals surface area contributed by atoms with Crippen LogP contribution < -0.4 is 5.73 Å². The summed E-state index contributed by atoms with van der Waals surface area (Å²) in [4.78, 5) is 0. The second kappa shape index (κ2) is 4.16. The van der Waals surface area contributed by atoms with Crippen LogP contribution in [-0.4, -0.2) is 10.2 Å². The van der Waals surface area contributed by atoms with Crippen molar-refractivity contribution in [1.29, 1.82) is 0 Å². The van der Waals surface area contributed by atoms with Crippen molar-refractivity contribution >= 4 is 15.9 Å². The monoisotopic (exact) mass is 265 g/mol. The van der Waals surface area contributed by atoms with Gasteiger partial charge in [-0.05, 0) is 30.7 Å². The summed E-state index contributed by atoms with van der Waals surface area (Å²) in [6.07, 6.45) is 0. The van der Waals surface area contributed by atoms with E-state index in [9.17, 15) is 0 Å². The van der Waals surface area contributed by atoms with Crippen molar-refractivity contribution in [2.24, 2.45) is 5.73 Å². The molecule has 0 saturated carbocycles. The average Bonchev–Trinajstić information content (AvgIpc) is 2.70. The van der Waals surface area contributed by atoms with Gasteiger partial charge in [-0.25, -0.2) is 0 Å². The van der Waals surface area contributed by atoms with Gasteiger partial charge in [0.05, 0.1) is 5.69 Å². The lowest BCUT2D eigenvalue weighted by molar-refractivity contribution is 0.948. The van der Waals surface area contributed by atoms with E-state index in [1.165, 1.54) is 5.56 Å². The standard InChI is InChI=1S/C11H12BrN3/c1-7-4-8(2-3-10(7)12)11-5-9(6-13)14-15-11/h2-5H,6,13H2,1H3,(H,14,15). The second-order valence-electron chi connectivity index (χ2n) is 3.45. The maximum atomic E-state index is 5.52. The summed E-state index contributed by atoms with van der Waals surface area (Å²) in [5.41, 5.74) is 9.70. The van der Waals surface area contributed by atoms with Crippen LogP contribution >= 0.6 is 15.9 Å². The van der Waals surface area contributed by atoms with Gasteiger partial charge in [-0.3, -0.25) is 5.10 Å². The molecule has 3 nitrogen and oxygen atoms in total. The highest BCUT2D eigenvalue weighted by Crippen LogP contribution is 2.23. The zero-order chi connectivity index (χ0) is 10.8. The van der Waals surface area contributed by atoms with E-state index in [1.807, 2.05) is 18.2 Å². The van der Waals surface area contributed by atoms with Crippen molar-refractivity contribution in [1.82, 2.24) is 10.2 Å². The van der Waals surface area contributed by atoms with Crippen molar-refractivity contribution < 1.29 is 0 Å². The van der Waals surface area contributed by atoms with Gasteiger partial charge >= 0.3 is 0 Å². The average molecular weight is 266 g/mol. The third-order valence-corrected chi connectivity index (χ3v) is 3.19. The van der Waals surface area contributed by atoms with Crippen LogP contribution in [0.3, 0.4) is 0 Å². The van der Waals surface area contributed by atoms with Crippen LogP contribution in [0.15, 0.2) is 28.7 Å². The number of rotatable bonds is 2. The summed E-state index contributed by atoms with van der Waals surface area (Å²) in [7, 11) is 0. The van der Waals surface area contributed by atoms with Crippen LogP contribution in [0.4, 0.5) is 0 Å². The molecule has 1 heterocycles. The van der Waals surface area contributed by atoms with Gasteiger partial charge in [0.15, 0.2) is 0 Å². The van der Waals surface area contributed by atoms with E-state index in [1.54, 1.807) is 0 Å². The number of nitrogens with one attached hydrogen (secondary N) is 1. The first-order valence-corrected chi connectivity index (χ1v) is 5.51. The van der Waals surface area contributed by atoms with Gasteiger partial charge in [0.2, 0.25) is 0 Å². The lowest BCUT2D eigenvalue weighted by atomic mass is 10.1. The number of hydrogen-bond acceptors (Lipinski definition) is 2. The van der Waals surface area contributed by atoms with E-state index < -0.39 is 0 Å². The molecule has 0 amide bonds. The molecule has 0 aliphatic carbocycles. The Labute approximate surface area is 96.8 Å². The van der Waals surface area contributed by atoms with E-state index in [0.29, 0.717) is 6.54 Å². The largest absolute Gasteiger partial charge is 0.325 e. The predicted molar refractivity (Wildman–Crippen MR) is 64.4 cm³/mol. The van der Waals surface area contributed by atoms with Gasteiger partial charge in [0, 0.05) is 22.3 Å². The molecule has 0 aliphatic rings. The SMILES string of the molecule is Cc1cc(-c2cc(CN)[nH]n2)ccc1Br. The Morgan fingerprint density at radius 1 is 1.40 bits per heavy atom. The topological polar surface area (TPSA) is 54.7 Å². The van der Waals surface area contributed by atoms with Crippen LogP contribution in [0.5, 0.6) is 0 Å². The summed E-state index contributed by atoms with van der Waals surface area (Å²) >= 11 is 3.47. The number of halogens is 1. The molecule has 4 heteroatoms. The number of aromatic nitrogens is 2. The molecule has 0 spiro atoms. The van der Waals surface area contributed by atoms with Crippen LogP contribution in [0.25, 0.3) is 11.3 Å². The summed E-state index contributed by atoms with van der Waals surface area (Å²) in [5, 5.41) is 7.11. The molecule has 2 aromatic rings. The summed E-state index contributed by atoms with van der Waals surface area (Å²) in [6.45, 7) is 2.55. The third kappa shape index (κ3) is 2.11. The fourth-order valence-corrected chi connectivity index (χ4v) is 1.66. The molecular weight excluding hydrogens is 254 g/mol. The molecule has 2 rings (SSSR count). The first-order valence-electron chi connectivity index (χ1n) is 4.71. The molecule has 0 bridgehead atoms. The zero-order valence-electron chi connectivity index (χ0n) is 8.42. The minimum Gasteiger partial charge on any atom is -0.325 e. The van der Waals surface area contributed by atoms with Gasteiger partial charge < -0.3 is 5.73 Å². The molecule has 15 heavy (non-hydrogen) atoms. The normalized spacial score (nSPS) is 10.6. The van der Waals surface area contributed by atoms with E-state index in [0.717, 1.165) is 21.4 Å². The fraction of sp³-hybridized carbons (Fsp3) is 0.182. The molecule has 0 aliphatic heterocycles. The smallest absolute Gasteiger partial charge is 0.0924 e. The molecule has 78 valence electrons. The lowest BCUT2D eigenvalue weighted by Gasteiger charge is -2.00. The van der Waals surface area contributed by atoms with E-state index in [-0.39, 0.29) is 0 Å². The highest BCUT2D eigenvalue weighted by Gasteiger charge is 2.04. The summed E-state index contributed by atoms with van der Waals surface area (Å²) < 4.78 is 1.11. The van der Waals surface area contributed by atoms with E-state index >= 15 is 0 Å². The number of aryl methyl sites for hydroxylation is 1. The molecule has 1 aromatic carbocycles. The molecule has 0 saturated heterocycles. The van der Waals surface area contributed by atoms with Crippen molar-refractivity contribution in [3.05, 3.63) is 40.0 Å². The minimum absolute atomic E-state index is 0.489. The first-order chi connectivity index (χ1) is 7.20. The highest BCUT2D eigenvalue weighted by atomic mass is 79.9. The number of nitrogens with two attached hydrogens (primary N) is 1. The van der Waals surface area contributed by atoms with E-state index in [2.05, 4.69) is 39.1 Å². The minimum atomic E-state index is 0.489. The Hall–Kier alpha value is -1.13. The maximum absolute atomic E-state index is 5.52. The molecule has 3 N–H and O–H groups in total. The van der Waals surface area contributed by atoms with Gasteiger partial charge in [-0.2, -0.15) is 5.10 Å². The molecular formula is C11H12BrN3. The Morgan fingerprint density at radius 3 is 2.80 bits per heavy atom. The molecule has 0 atom stereocenters. The highest BCUT2D eigenvalue weighted by molar-refractivity contribution is 9.10. The Balaban J connectivity index is 2.40. The second-order valence-corrected chi connectivity index (χ2v) is 4.30. The van der Waals surface area contributed by atoms with Crippen molar-refractivity contribution in [2.45, 2.75) is 13.5 Å². The van der Waals surface area contributed by atoms with Gasteiger partial charge in [-0.15, -0.1) is 0 Å². The van der Waals surface area contributed by atoms with Crippen molar-refractivity contribution in [3.8, 4) is 11.3 Å². The first kappa shape index (κ1) is 10.4. The molecule has 0 radical (unpaired) electrons. The number of H-pyrrole nitrogens is 1. The zero-order valence-corrected chi connectivity index (χ0v) is 10.0. The Kier molecular flexibility index (Phi) is 2.88. The molecule has 0 fully saturated rings. The Morgan fingerprint density at radius 2 is 2.20 bits per heavy atom. The number of aromatic amines is 1. The number of hydrogen-bond donors (Lipinski definition) is 2. The fourth-order valence-electron chi connectivity index (χ4n) is 1.42. The van der Waals surface area contributed by atoms with Crippen LogP contribution in [0, 0.1) is 6.92 Å². The third-order valence-electron chi connectivity index (χ3n) is 2.30. The van der Waals surface area contributed by atoms with Crippen molar-refractivity contribution in [2.75, 3.05) is 0 Å². The molecule has 1 aromatic heterocycles. The number of benzene rings is 1. The Bertz CT molecular complexity index is 476. The maximum Gasteiger partial charge on any atom is 0.0924 e. The van der Waals surface area contributed by atoms with Crippen LogP contribution in [-0.2, 0) is 6.54 Å². The van der Waals surface area contributed by atoms with E-state index in [4.69, 9.17) is 5.73 Å². The summed E-state index contributed by atoms with van der Waals surface area (Å²) in [6, 6.07) is 8.14. The number of nitrogens with zero attached hydrogens (tertiary/aromatic N) is 1. The predicted octanol–water partition coefficient (Wildman–Crippen LogP) is 2.61. The quantitative estimate of drug-likeness (QED) is 0.877. The lowest BCUT2D eigenvalue weighted by Crippen LogP contribution is -1.95. The van der Waals surface area contributed by atoms with Crippen LogP contribution in [0.2, 0.25) is 0 Å².